The zero-order valence-corrected chi connectivity index (χ0v) is 13.4. The Labute approximate surface area is 140 Å². The molecule has 4 rings (SSSR count). The second-order valence-corrected chi connectivity index (χ2v) is 6.34. The SMILES string of the molecule is O=C(O)C1CCN(c2ccnc(N3CCc4ccccc43)n2)CC1. The van der Waals surface area contributed by atoms with Crippen molar-refractivity contribution >= 4 is 23.4 Å². The number of aliphatic carboxylic acids is 1. The molecule has 2 aromatic rings. The third-order valence-electron chi connectivity index (χ3n) is 4.92. The van der Waals surface area contributed by atoms with E-state index in [-0.39, 0.29) is 5.92 Å². The van der Waals surface area contributed by atoms with Gasteiger partial charge in [0.2, 0.25) is 5.95 Å². The Kier molecular flexibility index (Phi) is 3.80. The molecule has 0 saturated carbocycles. The van der Waals surface area contributed by atoms with E-state index in [1.165, 1.54) is 11.3 Å². The Morgan fingerprint density at radius 1 is 1.12 bits per heavy atom. The van der Waals surface area contributed by atoms with E-state index in [2.05, 4.69) is 33.0 Å². The number of rotatable bonds is 3. The summed E-state index contributed by atoms with van der Waals surface area (Å²) in [6, 6.07) is 10.3. The van der Waals surface area contributed by atoms with Crippen LogP contribution in [0.1, 0.15) is 18.4 Å². The number of anilines is 3. The van der Waals surface area contributed by atoms with Gasteiger partial charge in [0.05, 0.1) is 5.92 Å². The number of benzene rings is 1. The highest BCUT2D eigenvalue weighted by atomic mass is 16.4. The fraction of sp³-hybridized carbons (Fsp3) is 0.389. The Hall–Kier alpha value is -2.63. The fourth-order valence-electron chi connectivity index (χ4n) is 3.55. The van der Waals surface area contributed by atoms with Gasteiger partial charge in [0.1, 0.15) is 5.82 Å². The molecule has 1 aromatic heterocycles. The molecule has 2 aliphatic heterocycles. The molecule has 0 unspecified atom stereocenters. The summed E-state index contributed by atoms with van der Waals surface area (Å²) in [5, 5.41) is 9.12. The molecule has 6 heteroatoms. The predicted molar refractivity (Wildman–Crippen MR) is 91.8 cm³/mol. The van der Waals surface area contributed by atoms with Crippen molar-refractivity contribution in [3.63, 3.8) is 0 Å². The van der Waals surface area contributed by atoms with Crippen LogP contribution in [-0.4, -0.2) is 40.7 Å². The van der Waals surface area contributed by atoms with Gasteiger partial charge in [-0.3, -0.25) is 4.79 Å². The first-order chi connectivity index (χ1) is 11.7. The highest BCUT2D eigenvalue weighted by Crippen LogP contribution is 2.33. The van der Waals surface area contributed by atoms with E-state index in [4.69, 9.17) is 10.1 Å². The number of hydrogen-bond donors (Lipinski definition) is 1. The predicted octanol–water partition coefficient (Wildman–Crippen LogP) is 2.47. The lowest BCUT2D eigenvalue weighted by Gasteiger charge is -2.31. The molecule has 1 aromatic carbocycles. The standard InChI is InChI=1S/C18H20N4O2/c23-17(24)14-6-10-21(11-7-14)16-5-9-19-18(20-16)22-12-8-13-3-1-2-4-15(13)22/h1-5,9,14H,6-8,10-12H2,(H,23,24). The minimum absolute atomic E-state index is 0.229. The normalized spacial score (nSPS) is 17.8. The molecule has 3 heterocycles. The van der Waals surface area contributed by atoms with Gasteiger partial charge in [-0.15, -0.1) is 0 Å². The topological polar surface area (TPSA) is 69.6 Å². The van der Waals surface area contributed by atoms with E-state index < -0.39 is 5.97 Å². The molecule has 0 bridgehead atoms. The van der Waals surface area contributed by atoms with Gasteiger partial charge in [-0.25, -0.2) is 4.98 Å². The van der Waals surface area contributed by atoms with Crippen molar-refractivity contribution in [3.05, 3.63) is 42.1 Å². The van der Waals surface area contributed by atoms with Crippen molar-refractivity contribution in [1.82, 2.24) is 9.97 Å². The van der Waals surface area contributed by atoms with Crippen LogP contribution in [0, 0.1) is 5.92 Å². The fourth-order valence-corrected chi connectivity index (χ4v) is 3.55. The zero-order valence-electron chi connectivity index (χ0n) is 13.4. The third-order valence-corrected chi connectivity index (χ3v) is 4.92. The number of carboxylic acid groups (broad SMARTS) is 1. The number of para-hydroxylation sites is 1. The van der Waals surface area contributed by atoms with Gasteiger partial charge < -0.3 is 14.9 Å². The molecular weight excluding hydrogens is 304 g/mol. The van der Waals surface area contributed by atoms with Crippen LogP contribution in [-0.2, 0) is 11.2 Å². The molecule has 0 atom stereocenters. The maximum atomic E-state index is 11.1. The average Bonchev–Trinajstić information content (AvgIpc) is 3.06. The number of carboxylic acids is 1. The molecule has 2 aliphatic rings. The highest BCUT2D eigenvalue weighted by Gasteiger charge is 2.26. The van der Waals surface area contributed by atoms with Crippen molar-refractivity contribution in [2.45, 2.75) is 19.3 Å². The second-order valence-electron chi connectivity index (χ2n) is 6.34. The van der Waals surface area contributed by atoms with Crippen LogP contribution in [0.15, 0.2) is 36.5 Å². The lowest BCUT2D eigenvalue weighted by Crippen LogP contribution is -2.37. The summed E-state index contributed by atoms with van der Waals surface area (Å²) < 4.78 is 0. The van der Waals surface area contributed by atoms with Crippen molar-refractivity contribution in [2.24, 2.45) is 5.92 Å². The largest absolute Gasteiger partial charge is 0.481 e. The monoisotopic (exact) mass is 324 g/mol. The van der Waals surface area contributed by atoms with E-state index in [9.17, 15) is 4.79 Å². The van der Waals surface area contributed by atoms with Crippen LogP contribution in [0.2, 0.25) is 0 Å². The van der Waals surface area contributed by atoms with Crippen LogP contribution in [0.5, 0.6) is 0 Å². The molecular formula is C18H20N4O2. The molecule has 124 valence electrons. The Morgan fingerprint density at radius 2 is 1.92 bits per heavy atom. The van der Waals surface area contributed by atoms with Crippen LogP contribution in [0.25, 0.3) is 0 Å². The van der Waals surface area contributed by atoms with Crippen molar-refractivity contribution in [1.29, 1.82) is 0 Å². The van der Waals surface area contributed by atoms with Gasteiger partial charge in [-0.05, 0) is 37.0 Å². The first-order valence-electron chi connectivity index (χ1n) is 8.38. The van der Waals surface area contributed by atoms with Crippen LogP contribution < -0.4 is 9.80 Å². The highest BCUT2D eigenvalue weighted by molar-refractivity contribution is 5.70. The number of nitrogens with zero attached hydrogens (tertiary/aromatic N) is 4. The maximum Gasteiger partial charge on any atom is 0.306 e. The molecule has 0 radical (unpaired) electrons. The van der Waals surface area contributed by atoms with Crippen LogP contribution in [0.4, 0.5) is 17.5 Å². The van der Waals surface area contributed by atoms with E-state index in [1.807, 2.05) is 12.1 Å². The molecule has 24 heavy (non-hydrogen) atoms. The molecule has 1 saturated heterocycles. The van der Waals surface area contributed by atoms with Gasteiger partial charge in [0.25, 0.3) is 0 Å². The lowest BCUT2D eigenvalue weighted by atomic mass is 9.97. The number of carbonyl (C=O) groups is 1. The van der Waals surface area contributed by atoms with Crippen molar-refractivity contribution in [3.8, 4) is 0 Å². The number of aromatic nitrogens is 2. The minimum Gasteiger partial charge on any atom is -0.481 e. The quantitative estimate of drug-likeness (QED) is 0.935. The summed E-state index contributed by atoms with van der Waals surface area (Å²) in [5.41, 5.74) is 2.51. The molecule has 0 spiro atoms. The summed E-state index contributed by atoms with van der Waals surface area (Å²) in [4.78, 5) is 24.6. The third kappa shape index (κ3) is 2.68. The van der Waals surface area contributed by atoms with Crippen LogP contribution >= 0.6 is 0 Å². The van der Waals surface area contributed by atoms with E-state index in [0.29, 0.717) is 12.8 Å². The zero-order chi connectivity index (χ0) is 16.5. The summed E-state index contributed by atoms with van der Waals surface area (Å²) in [5.74, 6) is 0.686. The molecule has 6 nitrogen and oxygen atoms in total. The maximum absolute atomic E-state index is 11.1. The van der Waals surface area contributed by atoms with Crippen molar-refractivity contribution < 1.29 is 9.90 Å². The van der Waals surface area contributed by atoms with E-state index in [0.717, 1.165) is 37.8 Å². The first kappa shape index (κ1) is 14.9. The summed E-state index contributed by atoms with van der Waals surface area (Å²) in [6.07, 6.45) is 4.14. The Balaban J connectivity index is 1.54. The van der Waals surface area contributed by atoms with E-state index in [1.54, 1.807) is 6.20 Å². The number of piperidine rings is 1. The Morgan fingerprint density at radius 3 is 2.71 bits per heavy atom. The van der Waals surface area contributed by atoms with E-state index >= 15 is 0 Å². The van der Waals surface area contributed by atoms with Crippen molar-refractivity contribution in [2.75, 3.05) is 29.4 Å². The molecule has 1 N–H and O–H groups in total. The number of fused-ring (bicyclic) bond motifs is 1. The molecule has 0 amide bonds. The van der Waals surface area contributed by atoms with Gasteiger partial charge in [-0.1, -0.05) is 18.2 Å². The first-order valence-corrected chi connectivity index (χ1v) is 8.38. The minimum atomic E-state index is -0.688. The number of hydrogen-bond acceptors (Lipinski definition) is 5. The smallest absolute Gasteiger partial charge is 0.306 e. The molecule has 1 fully saturated rings. The molecule has 0 aliphatic carbocycles. The lowest BCUT2D eigenvalue weighted by molar-refractivity contribution is -0.142. The summed E-state index contributed by atoms with van der Waals surface area (Å²) in [6.45, 7) is 2.35. The summed E-state index contributed by atoms with van der Waals surface area (Å²) >= 11 is 0. The summed E-state index contributed by atoms with van der Waals surface area (Å²) in [7, 11) is 0. The van der Waals surface area contributed by atoms with Gasteiger partial charge in [0, 0.05) is 31.5 Å². The van der Waals surface area contributed by atoms with Gasteiger partial charge in [0.15, 0.2) is 0 Å². The average molecular weight is 324 g/mol. The van der Waals surface area contributed by atoms with Gasteiger partial charge in [-0.2, -0.15) is 4.98 Å². The van der Waals surface area contributed by atoms with Crippen LogP contribution in [0.3, 0.4) is 0 Å². The second kappa shape index (κ2) is 6.11. The van der Waals surface area contributed by atoms with Gasteiger partial charge >= 0.3 is 5.97 Å². The Bertz CT molecular complexity index is 756.